The summed E-state index contributed by atoms with van der Waals surface area (Å²) in [6, 6.07) is 1.58. The molecule has 0 aliphatic heterocycles. The van der Waals surface area contributed by atoms with Gasteiger partial charge in [-0.05, 0) is 0 Å². The van der Waals surface area contributed by atoms with Crippen molar-refractivity contribution in [1.82, 2.24) is 0 Å². The topological polar surface area (TPSA) is 0 Å². The molecular formula is C14H32Si. The Morgan fingerprint density at radius 2 is 1.20 bits per heavy atom. The maximum absolute atomic E-state index is 2.44. The second-order valence-corrected chi connectivity index (χ2v) is 10.3. The molecule has 0 fully saturated rings. The van der Waals surface area contributed by atoms with Crippen molar-refractivity contribution in [3.05, 3.63) is 0 Å². The van der Waals surface area contributed by atoms with Gasteiger partial charge >= 0.3 is 0 Å². The third-order valence-electron chi connectivity index (χ3n) is 3.60. The third-order valence-corrected chi connectivity index (χ3v) is 8.10. The summed E-state index contributed by atoms with van der Waals surface area (Å²) in [6.45, 7) is 12.0. The molecule has 0 saturated carbocycles. The Labute approximate surface area is 99.5 Å². The number of unbranched alkanes of at least 4 members (excludes halogenated alkanes) is 5. The average Bonchev–Trinajstić information content (AvgIpc) is 2.15. The summed E-state index contributed by atoms with van der Waals surface area (Å²) in [5.41, 5.74) is 2.00. The van der Waals surface area contributed by atoms with Gasteiger partial charge in [-0.2, -0.15) is 0 Å². The molecule has 0 aromatic rings. The lowest BCUT2D eigenvalue weighted by molar-refractivity contribution is 0.621. The highest BCUT2D eigenvalue weighted by atomic mass is 28.3. The average molecular weight is 228 g/mol. The molecule has 0 aromatic carbocycles. The molecule has 0 unspecified atom stereocenters. The minimum Gasteiger partial charge on any atom is -0.0654 e. The van der Waals surface area contributed by atoms with Crippen LogP contribution in [-0.2, 0) is 0 Å². The highest BCUT2D eigenvalue weighted by molar-refractivity contribution is 6.61. The van der Waals surface area contributed by atoms with Crippen LogP contribution in [0.15, 0.2) is 0 Å². The number of hydrogen-bond acceptors (Lipinski definition) is 0. The van der Waals surface area contributed by atoms with Gasteiger partial charge in [0.05, 0.1) is 0 Å². The molecule has 0 spiro atoms. The molecule has 0 atom stereocenters. The first-order valence-corrected chi connectivity index (χ1v) is 9.24. The molecule has 0 rings (SSSR count). The summed E-state index contributed by atoms with van der Waals surface area (Å²) in [6.07, 6.45) is 8.75. The molecule has 0 aliphatic carbocycles. The minimum atomic E-state index is -0.439. The molecule has 15 heavy (non-hydrogen) atoms. The van der Waals surface area contributed by atoms with Crippen LogP contribution < -0.4 is 0 Å². The van der Waals surface area contributed by atoms with Crippen molar-refractivity contribution in [2.45, 2.75) is 90.3 Å². The van der Waals surface area contributed by atoms with Gasteiger partial charge in [-0.3, -0.25) is 0 Å². The smallest absolute Gasteiger partial charge is 0.0419 e. The fourth-order valence-electron chi connectivity index (χ4n) is 2.60. The van der Waals surface area contributed by atoms with Crippen LogP contribution in [0, 0.1) is 0 Å². The van der Waals surface area contributed by atoms with E-state index in [-0.39, 0.29) is 0 Å². The molecule has 0 aliphatic rings. The zero-order valence-corrected chi connectivity index (χ0v) is 12.8. The first kappa shape index (κ1) is 15.2. The fourth-order valence-corrected chi connectivity index (χ4v) is 6.23. The molecule has 0 amide bonds. The van der Waals surface area contributed by atoms with E-state index in [1.807, 2.05) is 0 Å². The molecule has 0 aromatic heterocycles. The van der Waals surface area contributed by atoms with E-state index in [1.165, 1.54) is 38.5 Å². The SMILES string of the molecule is CCCCCCCC[SiH](C(C)C)C(C)C. The molecule has 0 bridgehead atoms. The van der Waals surface area contributed by atoms with E-state index >= 15 is 0 Å². The van der Waals surface area contributed by atoms with Gasteiger partial charge in [0.25, 0.3) is 0 Å². The van der Waals surface area contributed by atoms with Crippen molar-refractivity contribution in [2.75, 3.05) is 0 Å². The lowest BCUT2D eigenvalue weighted by atomic mass is 10.1. The Bertz CT molecular complexity index is 121. The lowest BCUT2D eigenvalue weighted by Gasteiger charge is -2.22. The van der Waals surface area contributed by atoms with Crippen molar-refractivity contribution in [1.29, 1.82) is 0 Å². The molecule has 0 saturated heterocycles. The Morgan fingerprint density at radius 3 is 1.67 bits per heavy atom. The Kier molecular flexibility index (Phi) is 9.58. The first-order chi connectivity index (χ1) is 7.09. The normalized spacial score (nSPS) is 12.0. The number of hydrogen-bond donors (Lipinski definition) is 0. The maximum atomic E-state index is 2.44. The largest absolute Gasteiger partial charge is 0.0654 e. The van der Waals surface area contributed by atoms with Gasteiger partial charge in [-0.15, -0.1) is 0 Å². The number of rotatable bonds is 9. The second-order valence-electron chi connectivity index (χ2n) is 5.71. The predicted molar refractivity (Wildman–Crippen MR) is 75.5 cm³/mol. The van der Waals surface area contributed by atoms with Crippen LogP contribution in [0.1, 0.15) is 73.1 Å². The van der Waals surface area contributed by atoms with E-state index < -0.39 is 8.80 Å². The van der Waals surface area contributed by atoms with Crippen molar-refractivity contribution >= 4 is 8.80 Å². The maximum Gasteiger partial charge on any atom is 0.0419 e. The summed E-state index contributed by atoms with van der Waals surface area (Å²) in [5.74, 6) is 0. The summed E-state index contributed by atoms with van der Waals surface area (Å²) in [4.78, 5) is 0. The van der Waals surface area contributed by atoms with Gasteiger partial charge < -0.3 is 0 Å². The van der Waals surface area contributed by atoms with Crippen LogP contribution in [0.3, 0.4) is 0 Å². The van der Waals surface area contributed by atoms with Crippen molar-refractivity contribution in [2.24, 2.45) is 0 Å². The van der Waals surface area contributed by atoms with E-state index in [4.69, 9.17) is 0 Å². The quantitative estimate of drug-likeness (QED) is 0.366. The van der Waals surface area contributed by atoms with Crippen LogP contribution in [0.5, 0.6) is 0 Å². The van der Waals surface area contributed by atoms with Crippen LogP contribution in [0.25, 0.3) is 0 Å². The summed E-state index contributed by atoms with van der Waals surface area (Å²) < 4.78 is 0. The van der Waals surface area contributed by atoms with Crippen LogP contribution in [-0.4, -0.2) is 8.80 Å². The van der Waals surface area contributed by atoms with Gasteiger partial charge in [0, 0.05) is 8.80 Å². The minimum absolute atomic E-state index is 0.439. The Hall–Kier alpha value is 0.217. The summed E-state index contributed by atoms with van der Waals surface area (Å²) in [5, 5.41) is 0. The van der Waals surface area contributed by atoms with Gasteiger partial charge in [0.2, 0.25) is 0 Å². The lowest BCUT2D eigenvalue weighted by Crippen LogP contribution is -2.20. The Balaban J connectivity index is 3.46. The first-order valence-electron chi connectivity index (χ1n) is 7.09. The molecule has 0 heterocycles. The third kappa shape index (κ3) is 8.07. The zero-order chi connectivity index (χ0) is 11.7. The molecule has 0 N–H and O–H groups in total. The monoisotopic (exact) mass is 228 g/mol. The zero-order valence-electron chi connectivity index (χ0n) is 11.7. The predicted octanol–water partition coefficient (Wildman–Crippen LogP) is 5.39. The van der Waals surface area contributed by atoms with Gasteiger partial charge in [0.1, 0.15) is 0 Å². The fraction of sp³-hybridized carbons (Fsp3) is 1.00. The van der Waals surface area contributed by atoms with Gasteiger partial charge in [0.15, 0.2) is 0 Å². The molecular weight excluding hydrogens is 196 g/mol. The van der Waals surface area contributed by atoms with Crippen molar-refractivity contribution in [3.8, 4) is 0 Å². The Morgan fingerprint density at radius 1 is 0.733 bits per heavy atom. The standard InChI is InChI=1S/C14H32Si/c1-6-7-8-9-10-11-12-15(13(2)3)14(4)5/h13-15H,6-12H2,1-5H3. The second kappa shape index (κ2) is 9.44. The van der Waals surface area contributed by atoms with Crippen LogP contribution in [0.2, 0.25) is 17.1 Å². The van der Waals surface area contributed by atoms with Gasteiger partial charge in [-0.1, -0.05) is 90.3 Å². The highest BCUT2D eigenvalue weighted by Crippen LogP contribution is 2.25. The van der Waals surface area contributed by atoms with E-state index in [2.05, 4.69) is 34.6 Å². The van der Waals surface area contributed by atoms with E-state index in [9.17, 15) is 0 Å². The molecule has 0 nitrogen and oxygen atoms in total. The highest BCUT2D eigenvalue weighted by Gasteiger charge is 2.18. The van der Waals surface area contributed by atoms with Crippen LogP contribution >= 0.6 is 0 Å². The van der Waals surface area contributed by atoms with Crippen molar-refractivity contribution in [3.63, 3.8) is 0 Å². The van der Waals surface area contributed by atoms with E-state index in [0.717, 1.165) is 11.1 Å². The molecule has 0 radical (unpaired) electrons. The van der Waals surface area contributed by atoms with E-state index in [1.54, 1.807) is 6.04 Å². The molecule has 1 heteroatoms. The molecule has 92 valence electrons. The van der Waals surface area contributed by atoms with Crippen molar-refractivity contribution < 1.29 is 0 Å². The summed E-state index contributed by atoms with van der Waals surface area (Å²) in [7, 11) is -0.439. The summed E-state index contributed by atoms with van der Waals surface area (Å²) >= 11 is 0. The van der Waals surface area contributed by atoms with E-state index in [0.29, 0.717) is 0 Å². The van der Waals surface area contributed by atoms with Crippen LogP contribution in [0.4, 0.5) is 0 Å². The van der Waals surface area contributed by atoms with Gasteiger partial charge in [-0.25, -0.2) is 0 Å².